The van der Waals surface area contributed by atoms with Gasteiger partial charge in [-0.1, -0.05) is 29.8 Å². The van der Waals surface area contributed by atoms with Gasteiger partial charge in [0, 0.05) is 5.46 Å². The summed E-state index contributed by atoms with van der Waals surface area (Å²) in [5.41, 5.74) is 1.46. The Bertz CT molecular complexity index is 619. The molecule has 2 N–H and O–H groups in total. The Hall–Kier alpha value is -1.56. The number of hydrogen-bond donors (Lipinski definition) is 2. The van der Waals surface area contributed by atoms with Gasteiger partial charge in [0.15, 0.2) is 0 Å². The number of aryl methyl sites for hydroxylation is 1. The van der Waals surface area contributed by atoms with Gasteiger partial charge >= 0.3 is 7.12 Å². The highest BCUT2D eigenvalue weighted by molar-refractivity contribution is 6.58. The molecule has 0 amide bonds. The van der Waals surface area contributed by atoms with E-state index < -0.39 is 12.9 Å². The predicted octanol–water partition coefficient (Wildman–Crippen LogP) is 2.05. The lowest BCUT2D eigenvalue weighted by atomic mass is 9.79. The third-order valence-electron chi connectivity index (χ3n) is 2.82. The van der Waals surface area contributed by atoms with Crippen LogP contribution in [-0.4, -0.2) is 17.2 Å². The Kier molecular flexibility index (Phi) is 4.65. The van der Waals surface area contributed by atoms with Gasteiger partial charge in [0.2, 0.25) is 0 Å². The van der Waals surface area contributed by atoms with E-state index in [1.807, 2.05) is 13.0 Å². The average Bonchev–Trinajstić information content (AvgIpc) is 2.39. The van der Waals surface area contributed by atoms with Gasteiger partial charge in [-0.3, -0.25) is 0 Å². The molecule has 0 aromatic heterocycles. The van der Waals surface area contributed by atoms with E-state index in [9.17, 15) is 4.39 Å². The molecule has 2 aromatic rings. The van der Waals surface area contributed by atoms with Crippen molar-refractivity contribution < 1.29 is 19.2 Å². The molecule has 2 rings (SSSR count). The lowest BCUT2D eigenvalue weighted by Gasteiger charge is -2.10. The van der Waals surface area contributed by atoms with Crippen molar-refractivity contribution in [3.63, 3.8) is 0 Å². The number of benzene rings is 2. The fourth-order valence-electron chi connectivity index (χ4n) is 1.76. The molecular formula is C14H13BClFO3. The molecule has 0 spiro atoms. The molecule has 0 heterocycles. The SMILES string of the molecule is Cc1ccc(OCc2ccc(F)c(B(O)O)c2)c(Cl)c1. The van der Waals surface area contributed by atoms with Crippen molar-refractivity contribution in [3.8, 4) is 5.75 Å². The highest BCUT2D eigenvalue weighted by Gasteiger charge is 2.17. The van der Waals surface area contributed by atoms with Crippen molar-refractivity contribution in [3.05, 3.63) is 58.4 Å². The minimum Gasteiger partial charge on any atom is -0.487 e. The van der Waals surface area contributed by atoms with Crippen LogP contribution in [-0.2, 0) is 6.61 Å². The molecule has 0 saturated heterocycles. The van der Waals surface area contributed by atoms with Crippen LogP contribution < -0.4 is 10.2 Å². The fraction of sp³-hybridized carbons (Fsp3) is 0.143. The van der Waals surface area contributed by atoms with Crippen molar-refractivity contribution in [1.29, 1.82) is 0 Å². The van der Waals surface area contributed by atoms with Crippen LogP contribution >= 0.6 is 11.6 Å². The van der Waals surface area contributed by atoms with Crippen molar-refractivity contribution in [1.82, 2.24) is 0 Å². The Labute approximate surface area is 121 Å². The van der Waals surface area contributed by atoms with Gasteiger partial charge in [0.05, 0.1) is 5.02 Å². The summed E-state index contributed by atoms with van der Waals surface area (Å²) in [7, 11) is -1.85. The maximum atomic E-state index is 13.3. The second kappa shape index (κ2) is 6.26. The van der Waals surface area contributed by atoms with Gasteiger partial charge in [-0.05, 0) is 36.2 Å². The zero-order valence-corrected chi connectivity index (χ0v) is 11.6. The third-order valence-corrected chi connectivity index (χ3v) is 3.12. The molecule has 20 heavy (non-hydrogen) atoms. The van der Waals surface area contributed by atoms with E-state index in [1.54, 1.807) is 12.1 Å². The zero-order chi connectivity index (χ0) is 14.7. The number of hydrogen-bond acceptors (Lipinski definition) is 3. The molecule has 0 atom stereocenters. The first kappa shape index (κ1) is 14.8. The van der Waals surface area contributed by atoms with Gasteiger partial charge < -0.3 is 14.8 Å². The van der Waals surface area contributed by atoms with Crippen LogP contribution in [0.15, 0.2) is 36.4 Å². The minimum atomic E-state index is -1.85. The smallest absolute Gasteiger partial charge is 0.487 e. The molecular weight excluding hydrogens is 281 g/mol. The molecule has 0 bridgehead atoms. The summed E-state index contributed by atoms with van der Waals surface area (Å²) in [5, 5.41) is 18.6. The molecule has 0 aliphatic rings. The predicted molar refractivity (Wildman–Crippen MR) is 76.7 cm³/mol. The molecule has 0 aliphatic carbocycles. The maximum absolute atomic E-state index is 13.3. The summed E-state index contributed by atoms with van der Waals surface area (Å²) in [5.74, 6) is -0.148. The van der Waals surface area contributed by atoms with E-state index in [2.05, 4.69) is 0 Å². The highest BCUT2D eigenvalue weighted by atomic mass is 35.5. The standard InChI is InChI=1S/C14H13BClFO3/c1-9-2-5-14(12(16)6-9)20-8-10-3-4-13(17)11(7-10)15(18)19/h2-7,18-19H,8H2,1H3. The topological polar surface area (TPSA) is 49.7 Å². The summed E-state index contributed by atoms with van der Waals surface area (Å²) in [4.78, 5) is 0. The number of ether oxygens (including phenoxy) is 1. The summed E-state index contributed by atoms with van der Waals surface area (Å²) < 4.78 is 18.8. The van der Waals surface area contributed by atoms with E-state index in [-0.39, 0.29) is 12.1 Å². The summed E-state index contributed by atoms with van der Waals surface area (Å²) >= 11 is 6.04. The first-order valence-corrected chi connectivity index (χ1v) is 6.38. The van der Waals surface area contributed by atoms with E-state index in [0.29, 0.717) is 16.3 Å². The molecule has 6 heteroatoms. The Morgan fingerprint density at radius 1 is 1.20 bits per heavy atom. The van der Waals surface area contributed by atoms with Gasteiger partial charge in [-0.2, -0.15) is 0 Å². The van der Waals surface area contributed by atoms with Crippen molar-refractivity contribution in [2.75, 3.05) is 0 Å². The monoisotopic (exact) mass is 294 g/mol. The van der Waals surface area contributed by atoms with E-state index in [4.69, 9.17) is 26.4 Å². The van der Waals surface area contributed by atoms with Gasteiger partial charge in [0.1, 0.15) is 18.2 Å². The first-order valence-electron chi connectivity index (χ1n) is 6.01. The van der Waals surface area contributed by atoms with E-state index in [1.165, 1.54) is 18.2 Å². The van der Waals surface area contributed by atoms with Crippen LogP contribution in [0.4, 0.5) is 4.39 Å². The molecule has 104 valence electrons. The van der Waals surface area contributed by atoms with Gasteiger partial charge in [-0.15, -0.1) is 0 Å². The number of rotatable bonds is 4. The second-order valence-electron chi connectivity index (χ2n) is 4.45. The Morgan fingerprint density at radius 2 is 1.95 bits per heavy atom. The van der Waals surface area contributed by atoms with Crippen molar-refractivity contribution in [2.24, 2.45) is 0 Å². The molecule has 0 radical (unpaired) electrons. The number of halogens is 2. The van der Waals surface area contributed by atoms with Crippen LogP contribution in [0.5, 0.6) is 5.75 Å². The van der Waals surface area contributed by atoms with E-state index >= 15 is 0 Å². The Morgan fingerprint density at radius 3 is 2.60 bits per heavy atom. The van der Waals surface area contributed by atoms with Gasteiger partial charge in [-0.25, -0.2) is 4.39 Å². The highest BCUT2D eigenvalue weighted by Crippen LogP contribution is 2.25. The van der Waals surface area contributed by atoms with Crippen LogP contribution in [0.1, 0.15) is 11.1 Å². The molecule has 2 aromatic carbocycles. The summed E-state index contributed by atoms with van der Waals surface area (Å²) in [6.07, 6.45) is 0. The zero-order valence-electron chi connectivity index (χ0n) is 10.8. The van der Waals surface area contributed by atoms with Crippen molar-refractivity contribution >= 4 is 24.2 Å². The van der Waals surface area contributed by atoms with Gasteiger partial charge in [0.25, 0.3) is 0 Å². The first-order chi connectivity index (χ1) is 9.47. The van der Waals surface area contributed by atoms with Crippen LogP contribution in [0.3, 0.4) is 0 Å². The quantitative estimate of drug-likeness (QED) is 0.849. The van der Waals surface area contributed by atoms with Crippen molar-refractivity contribution in [2.45, 2.75) is 13.5 Å². The lowest BCUT2D eigenvalue weighted by Crippen LogP contribution is -2.33. The lowest BCUT2D eigenvalue weighted by molar-refractivity contribution is 0.306. The fourth-order valence-corrected chi connectivity index (χ4v) is 2.05. The normalized spacial score (nSPS) is 10.4. The third kappa shape index (κ3) is 3.51. The molecule has 0 saturated carbocycles. The average molecular weight is 295 g/mol. The van der Waals surface area contributed by atoms with Crippen LogP contribution in [0.2, 0.25) is 5.02 Å². The molecule has 0 aliphatic heterocycles. The Balaban J connectivity index is 2.13. The molecule has 0 unspecified atom stereocenters. The summed E-state index contributed by atoms with van der Waals surface area (Å²) in [6.45, 7) is 2.08. The molecule has 0 fully saturated rings. The second-order valence-corrected chi connectivity index (χ2v) is 4.86. The largest absolute Gasteiger partial charge is 0.491 e. The van der Waals surface area contributed by atoms with E-state index in [0.717, 1.165) is 5.56 Å². The molecule has 3 nitrogen and oxygen atoms in total. The van der Waals surface area contributed by atoms with Crippen LogP contribution in [0.25, 0.3) is 0 Å². The van der Waals surface area contributed by atoms with Crippen LogP contribution in [0, 0.1) is 12.7 Å². The maximum Gasteiger partial charge on any atom is 0.491 e. The minimum absolute atomic E-state index is 0.156. The summed E-state index contributed by atoms with van der Waals surface area (Å²) in [6, 6.07) is 9.44.